The number of imidazole rings is 1. The van der Waals surface area contributed by atoms with Gasteiger partial charge in [0.05, 0.1) is 5.69 Å². The molecule has 2 aromatic rings. The summed E-state index contributed by atoms with van der Waals surface area (Å²) in [6, 6.07) is 3.77. The Morgan fingerprint density at radius 1 is 1.19 bits per heavy atom. The van der Waals surface area contributed by atoms with Crippen LogP contribution in [0, 0.1) is 32.5 Å². The summed E-state index contributed by atoms with van der Waals surface area (Å²) in [5.41, 5.74) is 3.45. The van der Waals surface area contributed by atoms with Crippen molar-refractivity contribution in [1.82, 2.24) is 9.55 Å². The Morgan fingerprint density at radius 3 is 2.38 bits per heavy atom. The molecule has 0 fully saturated rings. The van der Waals surface area contributed by atoms with Gasteiger partial charge >= 0.3 is 0 Å². The fourth-order valence-corrected chi connectivity index (χ4v) is 2.54. The smallest absolute Gasteiger partial charge is 0.203 e. The van der Waals surface area contributed by atoms with Crippen molar-refractivity contribution < 1.29 is 4.39 Å². The van der Waals surface area contributed by atoms with Gasteiger partial charge in [0.1, 0.15) is 5.82 Å². The van der Waals surface area contributed by atoms with E-state index >= 15 is 0 Å². The van der Waals surface area contributed by atoms with Crippen LogP contribution < -0.4 is 5.32 Å². The lowest BCUT2D eigenvalue weighted by Crippen LogP contribution is -2.10. The highest BCUT2D eigenvalue weighted by Crippen LogP contribution is 2.17. The van der Waals surface area contributed by atoms with Crippen molar-refractivity contribution in [3.05, 3.63) is 46.5 Å². The van der Waals surface area contributed by atoms with E-state index in [1.165, 1.54) is 0 Å². The minimum absolute atomic E-state index is 0.115. The van der Waals surface area contributed by atoms with Crippen LogP contribution in [-0.4, -0.2) is 9.55 Å². The molecule has 0 spiro atoms. The van der Waals surface area contributed by atoms with E-state index in [2.05, 4.69) is 34.9 Å². The van der Waals surface area contributed by atoms with E-state index in [-0.39, 0.29) is 5.82 Å². The van der Waals surface area contributed by atoms with Crippen molar-refractivity contribution in [2.45, 2.75) is 47.7 Å². The SMILES string of the molecule is Cc1cn(CC(C)C)c(NCc2cc(C)c(F)c(C)c2)n1. The first-order chi connectivity index (χ1) is 9.86. The second-order valence-electron chi connectivity index (χ2n) is 6.15. The zero-order chi connectivity index (χ0) is 15.6. The quantitative estimate of drug-likeness (QED) is 0.893. The minimum Gasteiger partial charge on any atom is -0.352 e. The van der Waals surface area contributed by atoms with Gasteiger partial charge in [0.15, 0.2) is 0 Å². The van der Waals surface area contributed by atoms with E-state index in [1.807, 2.05) is 19.1 Å². The fourth-order valence-electron chi connectivity index (χ4n) is 2.54. The molecule has 1 aromatic heterocycles. The zero-order valence-electron chi connectivity index (χ0n) is 13.5. The number of anilines is 1. The predicted molar refractivity (Wildman–Crippen MR) is 85.0 cm³/mol. The van der Waals surface area contributed by atoms with Crippen LogP contribution in [0.5, 0.6) is 0 Å². The summed E-state index contributed by atoms with van der Waals surface area (Å²) < 4.78 is 15.8. The number of aryl methyl sites for hydroxylation is 3. The first-order valence-corrected chi connectivity index (χ1v) is 7.40. The van der Waals surface area contributed by atoms with Crippen LogP contribution in [0.25, 0.3) is 0 Å². The number of benzene rings is 1. The summed E-state index contributed by atoms with van der Waals surface area (Å²) in [6.07, 6.45) is 2.06. The largest absolute Gasteiger partial charge is 0.352 e. The highest BCUT2D eigenvalue weighted by molar-refractivity contribution is 5.35. The van der Waals surface area contributed by atoms with Gasteiger partial charge in [0.2, 0.25) is 5.95 Å². The Kier molecular flexibility index (Phi) is 4.66. The average Bonchev–Trinajstić information content (AvgIpc) is 2.72. The highest BCUT2D eigenvalue weighted by atomic mass is 19.1. The molecule has 0 amide bonds. The molecule has 0 radical (unpaired) electrons. The number of hydrogen-bond acceptors (Lipinski definition) is 2. The Bertz CT molecular complexity index is 606. The van der Waals surface area contributed by atoms with E-state index in [1.54, 1.807) is 13.8 Å². The van der Waals surface area contributed by atoms with Crippen LogP contribution in [-0.2, 0) is 13.1 Å². The van der Waals surface area contributed by atoms with Gasteiger partial charge in [-0.05, 0) is 43.4 Å². The molecule has 1 aromatic carbocycles. The van der Waals surface area contributed by atoms with Crippen LogP contribution in [0.1, 0.15) is 36.2 Å². The monoisotopic (exact) mass is 289 g/mol. The molecule has 0 unspecified atom stereocenters. The highest BCUT2D eigenvalue weighted by Gasteiger charge is 2.08. The van der Waals surface area contributed by atoms with Crippen LogP contribution in [0.2, 0.25) is 0 Å². The van der Waals surface area contributed by atoms with Crippen molar-refractivity contribution in [3.8, 4) is 0 Å². The molecule has 0 saturated heterocycles. The van der Waals surface area contributed by atoms with E-state index in [0.717, 1.165) is 23.8 Å². The molecule has 1 N–H and O–H groups in total. The molecule has 0 aliphatic carbocycles. The lowest BCUT2D eigenvalue weighted by molar-refractivity contribution is 0.526. The molecule has 0 aliphatic rings. The van der Waals surface area contributed by atoms with Crippen molar-refractivity contribution in [2.24, 2.45) is 5.92 Å². The van der Waals surface area contributed by atoms with Gasteiger partial charge < -0.3 is 9.88 Å². The van der Waals surface area contributed by atoms with Gasteiger partial charge in [0.25, 0.3) is 0 Å². The summed E-state index contributed by atoms with van der Waals surface area (Å²) in [4.78, 5) is 4.52. The second-order valence-corrected chi connectivity index (χ2v) is 6.15. The van der Waals surface area contributed by atoms with Crippen molar-refractivity contribution in [3.63, 3.8) is 0 Å². The Hall–Kier alpha value is -1.84. The molecule has 0 aliphatic heterocycles. The average molecular weight is 289 g/mol. The van der Waals surface area contributed by atoms with Gasteiger partial charge in [-0.2, -0.15) is 0 Å². The first kappa shape index (κ1) is 15.5. The number of rotatable bonds is 5. The molecule has 0 saturated carbocycles. The van der Waals surface area contributed by atoms with E-state index in [4.69, 9.17) is 0 Å². The van der Waals surface area contributed by atoms with Crippen molar-refractivity contribution in [1.29, 1.82) is 0 Å². The maximum Gasteiger partial charge on any atom is 0.203 e. The summed E-state index contributed by atoms with van der Waals surface area (Å²) in [5, 5.41) is 3.36. The lowest BCUT2D eigenvalue weighted by atomic mass is 10.1. The standard InChI is InChI=1S/C17H24FN3/c1-11(2)9-21-10-14(5)20-17(21)19-8-15-6-12(3)16(18)13(4)7-15/h6-7,10-11H,8-9H2,1-5H3,(H,19,20). The third-order valence-corrected chi connectivity index (χ3v) is 3.41. The zero-order valence-corrected chi connectivity index (χ0v) is 13.5. The maximum atomic E-state index is 13.6. The van der Waals surface area contributed by atoms with Crippen molar-refractivity contribution in [2.75, 3.05) is 5.32 Å². The molecule has 21 heavy (non-hydrogen) atoms. The Labute approximate surface area is 126 Å². The number of nitrogens with zero attached hydrogens (tertiary/aromatic N) is 2. The van der Waals surface area contributed by atoms with Gasteiger partial charge in [0, 0.05) is 19.3 Å². The summed E-state index contributed by atoms with van der Waals surface area (Å²) >= 11 is 0. The maximum absolute atomic E-state index is 13.6. The molecule has 3 nitrogen and oxygen atoms in total. The fraction of sp³-hybridized carbons (Fsp3) is 0.471. The molecule has 1 heterocycles. The molecular formula is C17H24FN3. The third-order valence-electron chi connectivity index (χ3n) is 3.41. The van der Waals surface area contributed by atoms with Gasteiger partial charge in [-0.3, -0.25) is 0 Å². The van der Waals surface area contributed by atoms with Gasteiger partial charge in [-0.15, -0.1) is 0 Å². The molecule has 0 bridgehead atoms. The van der Waals surface area contributed by atoms with E-state index in [0.29, 0.717) is 23.6 Å². The van der Waals surface area contributed by atoms with Crippen LogP contribution in [0.3, 0.4) is 0 Å². The topological polar surface area (TPSA) is 29.9 Å². The molecular weight excluding hydrogens is 265 g/mol. The first-order valence-electron chi connectivity index (χ1n) is 7.40. The molecule has 4 heteroatoms. The number of hydrogen-bond donors (Lipinski definition) is 1. The third kappa shape index (κ3) is 3.84. The Morgan fingerprint density at radius 2 is 1.81 bits per heavy atom. The Balaban J connectivity index is 2.13. The van der Waals surface area contributed by atoms with Crippen molar-refractivity contribution >= 4 is 5.95 Å². The van der Waals surface area contributed by atoms with Crippen LogP contribution in [0.4, 0.5) is 10.3 Å². The molecule has 0 atom stereocenters. The normalized spacial score (nSPS) is 11.2. The summed E-state index contributed by atoms with van der Waals surface area (Å²) in [6.45, 7) is 11.6. The van der Waals surface area contributed by atoms with Crippen LogP contribution >= 0.6 is 0 Å². The summed E-state index contributed by atoms with van der Waals surface area (Å²) in [5.74, 6) is 1.33. The van der Waals surface area contributed by atoms with E-state index in [9.17, 15) is 4.39 Å². The second kappa shape index (κ2) is 6.29. The molecule has 114 valence electrons. The minimum atomic E-state index is -0.115. The molecule has 2 rings (SSSR count). The van der Waals surface area contributed by atoms with E-state index < -0.39 is 0 Å². The predicted octanol–water partition coefficient (Wildman–Crippen LogP) is 4.22. The summed E-state index contributed by atoms with van der Waals surface area (Å²) in [7, 11) is 0. The number of halogens is 1. The lowest BCUT2D eigenvalue weighted by Gasteiger charge is -2.12. The number of nitrogens with one attached hydrogen (secondary N) is 1. The van der Waals surface area contributed by atoms with Gasteiger partial charge in [-0.1, -0.05) is 26.0 Å². The van der Waals surface area contributed by atoms with Crippen LogP contribution in [0.15, 0.2) is 18.3 Å². The van der Waals surface area contributed by atoms with Gasteiger partial charge in [-0.25, -0.2) is 9.37 Å². The number of aromatic nitrogens is 2.